The summed E-state index contributed by atoms with van der Waals surface area (Å²) < 4.78 is 27.1. The molecular formula is C17H15NO3S. The molecule has 0 spiro atoms. The van der Waals surface area contributed by atoms with Gasteiger partial charge in [0.15, 0.2) is 5.78 Å². The van der Waals surface area contributed by atoms with Crippen molar-refractivity contribution in [2.75, 3.05) is 10.8 Å². The molecule has 2 aromatic rings. The van der Waals surface area contributed by atoms with E-state index in [0.717, 1.165) is 5.56 Å². The average Bonchev–Trinajstić information content (AvgIpc) is 2.68. The summed E-state index contributed by atoms with van der Waals surface area (Å²) in [5.41, 5.74) is 1.80. The van der Waals surface area contributed by atoms with Crippen LogP contribution < -0.4 is 4.31 Å². The Labute approximate surface area is 129 Å². The Morgan fingerprint density at radius 1 is 1.00 bits per heavy atom. The summed E-state index contributed by atoms with van der Waals surface area (Å²) in [7, 11) is -3.71. The highest BCUT2D eigenvalue weighted by atomic mass is 32.2. The molecule has 2 aromatic carbocycles. The van der Waals surface area contributed by atoms with Crippen LogP contribution in [0.1, 0.15) is 15.9 Å². The van der Waals surface area contributed by atoms with Gasteiger partial charge in [-0.1, -0.05) is 35.9 Å². The number of rotatable bonds is 2. The van der Waals surface area contributed by atoms with E-state index in [0.29, 0.717) is 11.3 Å². The van der Waals surface area contributed by atoms with Crippen LogP contribution in [0.4, 0.5) is 5.69 Å². The van der Waals surface area contributed by atoms with Crippen LogP contribution in [-0.4, -0.2) is 20.7 Å². The minimum absolute atomic E-state index is 0.138. The number of anilines is 1. The van der Waals surface area contributed by atoms with E-state index in [4.69, 9.17) is 0 Å². The first-order chi connectivity index (χ1) is 10.5. The SMILES string of the molecule is Cc1ccc(S(=O)(=O)N2CC=CC(=O)c3ccccc32)cc1. The molecule has 0 amide bonds. The minimum atomic E-state index is -3.71. The monoisotopic (exact) mass is 313 g/mol. The fraction of sp³-hybridized carbons (Fsp3) is 0.118. The maximum atomic E-state index is 12.9. The minimum Gasteiger partial charge on any atom is -0.289 e. The highest BCUT2D eigenvalue weighted by Gasteiger charge is 2.28. The molecule has 0 radical (unpaired) electrons. The fourth-order valence-electron chi connectivity index (χ4n) is 2.41. The first kappa shape index (κ1) is 14.5. The Morgan fingerprint density at radius 3 is 2.41 bits per heavy atom. The van der Waals surface area contributed by atoms with Crippen molar-refractivity contribution in [1.82, 2.24) is 0 Å². The number of hydrogen-bond donors (Lipinski definition) is 0. The number of benzene rings is 2. The van der Waals surface area contributed by atoms with E-state index in [9.17, 15) is 13.2 Å². The van der Waals surface area contributed by atoms with Crippen molar-refractivity contribution >= 4 is 21.5 Å². The van der Waals surface area contributed by atoms with Gasteiger partial charge in [0, 0.05) is 5.56 Å². The van der Waals surface area contributed by atoms with E-state index >= 15 is 0 Å². The second-order valence-electron chi connectivity index (χ2n) is 5.13. The number of hydrogen-bond acceptors (Lipinski definition) is 3. The van der Waals surface area contributed by atoms with E-state index in [1.165, 1.54) is 10.4 Å². The van der Waals surface area contributed by atoms with E-state index in [2.05, 4.69) is 0 Å². The first-order valence-electron chi connectivity index (χ1n) is 6.89. The molecule has 0 aromatic heterocycles. The van der Waals surface area contributed by atoms with Gasteiger partial charge < -0.3 is 0 Å². The maximum Gasteiger partial charge on any atom is 0.264 e. The predicted molar refractivity (Wildman–Crippen MR) is 85.6 cm³/mol. The Hall–Kier alpha value is -2.40. The van der Waals surface area contributed by atoms with Crippen molar-refractivity contribution in [3.8, 4) is 0 Å². The molecule has 1 aliphatic rings. The van der Waals surface area contributed by atoms with Gasteiger partial charge in [-0.3, -0.25) is 9.10 Å². The standard InChI is InChI=1S/C17H15NO3S/c1-13-8-10-14(11-9-13)22(20,21)18-12-4-7-17(19)15-5-2-3-6-16(15)18/h2-11H,12H2,1H3. The third-order valence-corrected chi connectivity index (χ3v) is 5.38. The van der Waals surface area contributed by atoms with Gasteiger partial charge in [0.25, 0.3) is 10.0 Å². The fourth-order valence-corrected chi connectivity index (χ4v) is 3.84. The molecule has 0 bridgehead atoms. The van der Waals surface area contributed by atoms with Crippen molar-refractivity contribution in [1.29, 1.82) is 0 Å². The molecule has 0 atom stereocenters. The highest BCUT2D eigenvalue weighted by Crippen LogP contribution is 2.29. The zero-order valence-electron chi connectivity index (χ0n) is 12.1. The van der Waals surface area contributed by atoms with Crippen molar-refractivity contribution < 1.29 is 13.2 Å². The molecule has 0 saturated heterocycles. The number of aryl methyl sites for hydroxylation is 1. The van der Waals surface area contributed by atoms with Crippen LogP contribution in [0.15, 0.2) is 65.6 Å². The number of carbonyl (C=O) groups excluding carboxylic acids is 1. The molecule has 5 heteroatoms. The number of sulfonamides is 1. The van der Waals surface area contributed by atoms with Crippen molar-refractivity contribution in [3.05, 3.63) is 71.8 Å². The Kier molecular flexibility index (Phi) is 3.58. The quantitative estimate of drug-likeness (QED) is 0.856. The summed E-state index contributed by atoms with van der Waals surface area (Å²) in [4.78, 5) is 12.3. The van der Waals surface area contributed by atoms with Crippen LogP contribution in [0.25, 0.3) is 0 Å². The Morgan fingerprint density at radius 2 is 1.68 bits per heavy atom. The molecule has 0 N–H and O–H groups in total. The summed E-state index contributed by atoms with van der Waals surface area (Å²) in [6, 6.07) is 13.5. The third-order valence-electron chi connectivity index (χ3n) is 3.59. The lowest BCUT2D eigenvalue weighted by Gasteiger charge is -2.23. The summed E-state index contributed by atoms with van der Waals surface area (Å²) >= 11 is 0. The number of nitrogens with zero attached hydrogens (tertiary/aromatic N) is 1. The van der Waals surface area contributed by atoms with Crippen LogP contribution >= 0.6 is 0 Å². The smallest absolute Gasteiger partial charge is 0.264 e. The van der Waals surface area contributed by atoms with Crippen molar-refractivity contribution in [2.45, 2.75) is 11.8 Å². The van der Waals surface area contributed by atoms with Crippen LogP contribution in [0.3, 0.4) is 0 Å². The van der Waals surface area contributed by atoms with E-state index in [1.807, 2.05) is 6.92 Å². The van der Waals surface area contributed by atoms with Gasteiger partial charge in [-0.05, 0) is 37.3 Å². The molecule has 4 nitrogen and oxygen atoms in total. The molecule has 112 valence electrons. The normalized spacial score (nSPS) is 14.6. The van der Waals surface area contributed by atoms with Crippen LogP contribution in [0.5, 0.6) is 0 Å². The largest absolute Gasteiger partial charge is 0.289 e. The molecule has 0 unspecified atom stereocenters. The van der Waals surface area contributed by atoms with Gasteiger partial charge in [-0.2, -0.15) is 0 Å². The van der Waals surface area contributed by atoms with Gasteiger partial charge in [0.05, 0.1) is 17.1 Å². The van der Waals surface area contributed by atoms with Gasteiger partial charge in [-0.15, -0.1) is 0 Å². The van der Waals surface area contributed by atoms with Crippen LogP contribution in [-0.2, 0) is 10.0 Å². The second-order valence-corrected chi connectivity index (χ2v) is 7.00. The molecular weight excluding hydrogens is 298 g/mol. The lowest BCUT2D eigenvalue weighted by molar-refractivity contribution is 0.104. The molecule has 1 aliphatic heterocycles. The maximum absolute atomic E-state index is 12.9. The molecule has 0 fully saturated rings. The highest BCUT2D eigenvalue weighted by molar-refractivity contribution is 7.92. The number of fused-ring (bicyclic) bond motifs is 1. The van der Waals surface area contributed by atoms with Crippen molar-refractivity contribution in [3.63, 3.8) is 0 Å². The van der Waals surface area contributed by atoms with Gasteiger partial charge in [0.1, 0.15) is 0 Å². The van der Waals surface area contributed by atoms with E-state index in [-0.39, 0.29) is 17.2 Å². The summed E-state index contributed by atoms with van der Waals surface area (Å²) in [6.07, 6.45) is 3.00. The summed E-state index contributed by atoms with van der Waals surface area (Å²) in [5.74, 6) is -0.183. The summed E-state index contributed by atoms with van der Waals surface area (Å²) in [5, 5.41) is 0. The van der Waals surface area contributed by atoms with Crippen molar-refractivity contribution in [2.24, 2.45) is 0 Å². The van der Waals surface area contributed by atoms with Gasteiger partial charge >= 0.3 is 0 Å². The topological polar surface area (TPSA) is 54.5 Å². The molecule has 22 heavy (non-hydrogen) atoms. The predicted octanol–water partition coefficient (Wildman–Crippen LogP) is 2.94. The molecule has 0 saturated carbocycles. The van der Waals surface area contributed by atoms with Crippen LogP contribution in [0, 0.1) is 6.92 Å². The lowest BCUT2D eigenvalue weighted by atomic mass is 10.1. The zero-order chi connectivity index (χ0) is 15.7. The number of carbonyl (C=O) groups is 1. The summed E-state index contributed by atoms with van der Waals surface area (Å²) in [6.45, 7) is 2.04. The molecule has 3 rings (SSSR count). The molecule has 0 aliphatic carbocycles. The Balaban J connectivity index is 2.15. The van der Waals surface area contributed by atoms with Crippen LogP contribution in [0.2, 0.25) is 0 Å². The van der Waals surface area contributed by atoms with Gasteiger partial charge in [0.2, 0.25) is 0 Å². The average molecular weight is 313 g/mol. The third kappa shape index (κ3) is 2.44. The number of para-hydroxylation sites is 1. The number of ketones is 1. The van der Waals surface area contributed by atoms with E-state index < -0.39 is 10.0 Å². The molecule has 1 heterocycles. The Bertz CT molecular complexity index is 852. The number of allylic oxidation sites excluding steroid dienone is 1. The van der Waals surface area contributed by atoms with E-state index in [1.54, 1.807) is 54.6 Å². The zero-order valence-corrected chi connectivity index (χ0v) is 12.9. The van der Waals surface area contributed by atoms with Gasteiger partial charge in [-0.25, -0.2) is 8.42 Å². The lowest BCUT2D eigenvalue weighted by Crippen LogP contribution is -2.31. The second kappa shape index (κ2) is 5.42. The first-order valence-corrected chi connectivity index (χ1v) is 8.33.